The number of hydrogen-bond donors (Lipinski definition) is 1. The quantitative estimate of drug-likeness (QED) is 0.365. The molecule has 1 unspecified atom stereocenters. The molecule has 8 nitrogen and oxygen atoms in total. The van der Waals surface area contributed by atoms with Crippen LogP contribution in [0.25, 0.3) is 16.7 Å². The number of methoxy groups -OCH3 is 1. The maximum atomic E-state index is 13.5. The minimum atomic E-state index is -0.665. The molecular weight excluding hydrogens is 450 g/mol. The maximum absolute atomic E-state index is 13.5. The van der Waals surface area contributed by atoms with E-state index in [4.69, 9.17) is 10.5 Å². The van der Waals surface area contributed by atoms with Crippen LogP contribution in [0.4, 0.5) is 0 Å². The third kappa shape index (κ3) is 3.80. The summed E-state index contributed by atoms with van der Waals surface area (Å²) in [6, 6.07) is 24.1. The summed E-state index contributed by atoms with van der Waals surface area (Å²) < 4.78 is 8.85. The normalized spacial score (nSPS) is 12.1. The number of carbonyl (C=O) groups excluding carboxylic acids is 1. The van der Waals surface area contributed by atoms with Crippen molar-refractivity contribution in [3.8, 4) is 5.75 Å². The van der Waals surface area contributed by atoms with Gasteiger partial charge in [-0.05, 0) is 23.8 Å². The van der Waals surface area contributed by atoms with Crippen molar-refractivity contribution in [2.24, 2.45) is 5.73 Å². The second kappa shape index (κ2) is 9.03. The zero-order chi connectivity index (χ0) is 23.7. The zero-order valence-corrected chi connectivity index (χ0v) is 19.1. The number of fused-ring (bicyclic) bond motifs is 3. The molecule has 0 bridgehead atoms. The Labute approximate surface area is 199 Å². The van der Waals surface area contributed by atoms with Crippen LogP contribution in [0.1, 0.15) is 16.4 Å². The van der Waals surface area contributed by atoms with E-state index >= 15 is 0 Å². The van der Waals surface area contributed by atoms with E-state index < -0.39 is 11.2 Å². The van der Waals surface area contributed by atoms with E-state index in [1.807, 2.05) is 72.8 Å². The van der Waals surface area contributed by atoms with Crippen molar-refractivity contribution < 1.29 is 9.53 Å². The molecule has 2 aromatic heterocycles. The third-order valence-corrected chi connectivity index (χ3v) is 6.80. The summed E-state index contributed by atoms with van der Waals surface area (Å²) >= 11 is 1.20. The summed E-state index contributed by atoms with van der Waals surface area (Å²) in [5.41, 5.74) is 7.81. The molecule has 0 aliphatic carbocycles. The number of hydrogen-bond acceptors (Lipinski definition) is 6. The molecule has 3 aromatic carbocycles. The molecule has 0 saturated carbocycles. The summed E-state index contributed by atoms with van der Waals surface area (Å²) in [6.07, 6.45) is 0. The van der Waals surface area contributed by atoms with Crippen molar-refractivity contribution in [2.45, 2.75) is 17.0 Å². The Bertz CT molecular complexity index is 1560. The fraction of sp³-hybridized carbons (Fsp3) is 0.120. The number of thioether (sulfide) groups is 1. The Morgan fingerprint density at radius 3 is 2.47 bits per heavy atom. The Balaban J connectivity index is 1.70. The Hall–Kier alpha value is -4.11. The van der Waals surface area contributed by atoms with Gasteiger partial charge in [0.25, 0.3) is 5.56 Å². The molecule has 9 heteroatoms. The number of rotatable bonds is 7. The second-order valence-electron chi connectivity index (χ2n) is 7.65. The van der Waals surface area contributed by atoms with Gasteiger partial charge in [0.05, 0.1) is 24.6 Å². The van der Waals surface area contributed by atoms with Crippen molar-refractivity contribution in [2.75, 3.05) is 7.11 Å². The fourth-order valence-electron chi connectivity index (χ4n) is 3.98. The minimum absolute atomic E-state index is 0.188. The summed E-state index contributed by atoms with van der Waals surface area (Å²) in [7, 11) is 1.59. The number of amides is 1. The molecule has 5 rings (SSSR count). The highest BCUT2D eigenvalue weighted by molar-refractivity contribution is 8.00. The number of carbonyl (C=O) groups is 1. The first-order valence-corrected chi connectivity index (χ1v) is 11.5. The van der Waals surface area contributed by atoms with Gasteiger partial charge in [-0.1, -0.05) is 72.4 Å². The Morgan fingerprint density at radius 2 is 1.71 bits per heavy atom. The van der Waals surface area contributed by atoms with Crippen LogP contribution < -0.4 is 16.0 Å². The summed E-state index contributed by atoms with van der Waals surface area (Å²) in [4.78, 5) is 25.8. The van der Waals surface area contributed by atoms with Crippen LogP contribution in [0.2, 0.25) is 0 Å². The molecule has 2 N–H and O–H groups in total. The highest BCUT2D eigenvalue weighted by Crippen LogP contribution is 2.35. The van der Waals surface area contributed by atoms with E-state index in [0.29, 0.717) is 27.6 Å². The van der Waals surface area contributed by atoms with Crippen LogP contribution in [0.5, 0.6) is 5.75 Å². The summed E-state index contributed by atoms with van der Waals surface area (Å²) in [6.45, 7) is 0.248. The van der Waals surface area contributed by atoms with Gasteiger partial charge in [-0.25, -0.2) is 0 Å². The number of ether oxygens (including phenoxy) is 1. The fourth-order valence-corrected chi connectivity index (χ4v) is 4.97. The first-order chi connectivity index (χ1) is 16.6. The van der Waals surface area contributed by atoms with Crippen molar-refractivity contribution in [1.29, 1.82) is 0 Å². The topological polar surface area (TPSA) is 105 Å². The Kier molecular flexibility index (Phi) is 5.77. The number of primary amides is 1. The number of aromatic nitrogens is 4. The third-order valence-electron chi connectivity index (χ3n) is 5.58. The van der Waals surface area contributed by atoms with Gasteiger partial charge in [-0.2, -0.15) is 0 Å². The van der Waals surface area contributed by atoms with Crippen LogP contribution >= 0.6 is 11.8 Å². The second-order valence-corrected chi connectivity index (χ2v) is 8.72. The number of nitrogens with two attached hydrogens (primary N) is 1. The lowest BCUT2D eigenvalue weighted by Crippen LogP contribution is -2.24. The molecule has 34 heavy (non-hydrogen) atoms. The number of para-hydroxylation sites is 2. The van der Waals surface area contributed by atoms with Gasteiger partial charge in [0, 0.05) is 5.56 Å². The van der Waals surface area contributed by atoms with Gasteiger partial charge < -0.3 is 10.5 Å². The van der Waals surface area contributed by atoms with Crippen molar-refractivity contribution in [1.82, 2.24) is 19.2 Å². The van der Waals surface area contributed by atoms with E-state index in [-0.39, 0.29) is 12.1 Å². The molecule has 0 fully saturated rings. The predicted octanol–water partition coefficient (Wildman–Crippen LogP) is 3.42. The highest BCUT2D eigenvalue weighted by atomic mass is 32.2. The van der Waals surface area contributed by atoms with Crippen LogP contribution in [0, 0.1) is 0 Å². The molecule has 0 aliphatic heterocycles. The molecule has 2 heterocycles. The average molecular weight is 472 g/mol. The van der Waals surface area contributed by atoms with Gasteiger partial charge in [0.1, 0.15) is 11.0 Å². The smallest absolute Gasteiger partial charge is 0.263 e. The molecule has 0 saturated heterocycles. The van der Waals surface area contributed by atoms with Crippen molar-refractivity contribution in [3.63, 3.8) is 0 Å². The lowest BCUT2D eigenvalue weighted by atomic mass is 10.1. The maximum Gasteiger partial charge on any atom is 0.263 e. The first-order valence-electron chi connectivity index (χ1n) is 10.6. The summed E-state index contributed by atoms with van der Waals surface area (Å²) in [5, 5.41) is 9.02. The molecule has 0 aliphatic rings. The average Bonchev–Trinajstić information content (AvgIpc) is 3.29. The minimum Gasteiger partial charge on any atom is -0.496 e. The van der Waals surface area contributed by atoms with Gasteiger partial charge in [0.15, 0.2) is 5.16 Å². The largest absolute Gasteiger partial charge is 0.496 e. The molecule has 170 valence electrons. The number of nitrogens with zero attached hydrogens (tertiary/aromatic N) is 4. The first kappa shape index (κ1) is 21.7. The highest BCUT2D eigenvalue weighted by Gasteiger charge is 2.24. The van der Waals surface area contributed by atoms with E-state index in [1.54, 1.807) is 22.1 Å². The van der Waals surface area contributed by atoms with Crippen LogP contribution in [-0.4, -0.2) is 32.2 Å². The lowest BCUT2D eigenvalue weighted by Gasteiger charge is -2.15. The van der Waals surface area contributed by atoms with Crippen molar-refractivity contribution >= 4 is 34.3 Å². The SMILES string of the molecule is COc1ccccc1Cn1c(=O)c2ccccc2n2c(SC(C(N)=O)c3ccccc3)nnc12. The molecule has 5 aromatic rings. The van der Waals surface area contributed by atoms with Gasteiger partial charge in [-0.3, -0.25) is 18.6 Å². The lowest BCUT2D eigenvalue weighted by molar-refractivity contribution is -0.117. The van der Waals surface area contributed by atoms with Crippen LogP contribution in [0.15, 0.2) is 88.8 Å². The molecular formula is C25H21N5O3S. The van der Waals surface area contributed by atoms with E-state index in [2.05, 4.69) is 10.2 Å². The molecule has 1 amide bonds. The summed E-state index contributed by atoms with van der Waals surface area (Å²) in [5.74, 6) is 0.556. The molecule has 0 spiro atoms. The van der Waals surface area contributed by atoms with Gasteiger partial charge in [-0.15, -0.1) is 10.2 Å². The van der Waals surface area contributed by atoms with Crippen molar-refractivity contribution in [3.05, 3.63) is 100 Å². The van der Waals surface area contributed by atoms with E-state index in [1.165, 1.54) is 11.8 Å². The zero-order valence-electron chi connectivity index (χ0n) is 18.3. The van der Waals surface area contributed by atoms with Gasteiger partial charge >= 0.3 is 0 Å². The predicted molar refractivity (Wildman–Crippen MR) is 131 cm³/mol. The Morgan fingerprint density at radius 1 is 1.00 bits per heavy atom. The molecule has 0 radical (unpaired) electrons. The standard InChI is InChI=1S/C25H21N5O3S/c1-33-20-14-8-5-11-17(20)15-29-23(32)18-12-6-7-13-19(18)30-24(29)27-28-25(30)34-21(22(26)31)16-9-3-2-4-10-16/h2-14,21H,15H2,1H3,(H2,26,31). The monoisotopic (exact) mass is 471 g/mol. The van der Waals surface area contributed by atoms with Crippen LogP contribution in [0.3, 0.4) is 0 Å². The van der Waals surface area contributed by atoms with E-state index in [9.17, 15) is 9.59 Å². The molecule has 1 atom stereocenters. The van der Waals surface area contributed by atoms with Crippen LogP contribution in [-0.2, 0) is 11.3 Å². The number of benzene rings is 3. The van der Waals surface area contributed by atoms with Gasteiger partial charge in [0.2, 0.25) is 11.7 Å². The van der Waals surface area contributed by atoms with E-state index in [0.717, 1.165) is 11.1 Å².